The second-order valence-corrected chi connectivity index (χ2v) is 8.34. The number of hydrogen-bond acceptors (Lipinski definition) is 4. The van der Waals surface area contributed by atoms with Gasteiger partial charge in [-0.3, -0.25) is 9.10 Å². The van der Waals surface area contributed by atoms with Crippen LogP contribution in [0.3, 0.4) is 0 Å². The Balaban J connectivity index is 2.05. The van der Waals surface area contributed by atoms with Gasteiger partial charge in [-0.1, -0.05) is 36.4 Å². The molecule has 0 saturated carbocycles. The van der Waals surface area contributed by atoms with Gasteiger partial charge in [-0.15, -0.1) is 0 Å². The van der Waals surface area contributed by atoms with Crippen LogP contribution >= 0.6 is 0 Å². The van der Waals surface area contributed by atoms with Crippen molar-refractivity contribution < 1.29 is 18.3 Å². The topological polar surface area (TPSA) is 86.7 Å². The van der Waals surface area contributed by atoms with Crippen molar-refractivity contribution in [2.45, 2.75) is 0 Å². The van der Waals surface area contributed by atoms with Crippen LogP contribution in [0.25, 0.3) is 11.1 Å². The molecular weight excluding hydrogens is 376 g/mol. The predicted octanol–water partition coefficient (Wildman–Crippen LogP) is 3.71. The predicted molar refractivity (Wildman–Crippen MR) is 111 cm³/mol. The van der Waals surface area contributed by atoms with Crippen molar-refractivity contribution in [3.05, 3.63) is 78.4 Å². The number of nitrogens with one attached hydrogen (secondary N) is 1. The highest BCUT2D eigenvalue weighted by molar-refractivity contribution is 7.92. The van der Waals surface area contributed by atoms with Gasteiger partial charge < -0.3 is 10.4 Å². The summed E-state index contributed by atoms with van der Waals surface area (Å²) in [5, 5.41) is 12.3. The number of phenols is 1. The summed E-state index contributed by atoms with van der Waals surface area (Å²) in [6.07, 6.45) is 1.10. The summed E-state index contributed by atoms with van der Waals surface area (Å²) >= 11 is 0. The molecular formula is C21H20N2O4S. The van der Waals surface area contributed by atoms with Crippen LogP contribution in [0.4, 0.5) is 11.4 Å². The van der Waals surface area contributed by atoms with Crippen molar-refractivity contribution >= 4 is 27.3 Å². The number of rotatable bonds is 5. The molecule has 1 amide bonds. The summed E-state index contributed by atoms with van der Waals surface area (Å²) in [5.74, 6) is -0.193. The maximum absolute atomic E-state index is 12.6. The van der Waals surface area contributed by atoms with Gasteiger partial charge in [0.15, 0.2) is 0 Å². The number of aromatic hydroxyl groups is 1. The molecule has 3 aromatic carbocycles. The van der Waals surface area contributed by atoms with Crippen molar-refractivity contribution in [1.29, 1.82) is 0 Å². The van der Waals surface area contributed by atoms with Crippen LogP contribution in [0.1, 0.15) is 10.4 Å². The maximum atomic E-state index is 12.6. The van der Waals surface area contributed by atoms with E-state index in [1.807, 2.05) is 6.07 Å². The highest BCUT2D eigenvalue weighted by atomic mass is 32.2. The molecule has 3 aromatic rings. The Labute approximate surface area is 164 Å². The van der Waals surface area contributed by atoms with Gasteiger partial charge in [-0.25, -0.2) is 8.42 Å². The third-order valence-corrected chi connectivity index (χ3v) is 5.51. The summed E-state index contributed by atoms with van der Waals surface area (Å²) < 4.78 is 25.2. The largest absolute Gasteiger partial charge is 0.508 e. The first kappa shape index (κ1) is 19.4. The number of hydrogen-bond donors (Lipinski definition) is 2. The molecule has 0 heterocycles. The third-order valence-electron chi connectivity index (χ3n) is 4.32. The lowest BCUT2D eigenvalue weighted by atomic mass is 10.0. The lowest BCUT2D eigenvalue weighted by Gasteiger charge is -2.21. The number of sulfonamides is 1. The fourth-order valence-electron chi connectivity index (χ4n) is 2.71. The minimum absolute atomic E-state index is 0.148. The van der Waals surface area contributed by atoms with E-state index in [0.29, 0.717) is 16.9 Å². The van der Waals surface area contributed by atoms with Crippen molar-refractivity contribution in [3.8, 4) is 16.9 Å². The normalized spacial score (nSPS) is 11.1. The molecule has 0 saturated heterocycles. The number of phenolic OH excluding ortho intramolecular Hbond substituents is 1. The Morgan fingerprint density at radius 2 is 1.54 bits per heavy atom. The molecule has 2 N–H and O–H groups in total. The van der Waals surface area contributed by atoms with Gasteiger partial charge in [0, 0.05) is 12.6 Å². The van der Waals surface area contributed by atoms with Crippen LogP contribution in [0.15, 0.2) is 72.8 Å². The minimum atomic E-state index is -3.51. The summed E-state index contributed by atoms with van der Waals surface area (Å²) in [7, 11) is -2.08. The zero-order valence-corrected chi connectivity index (χ0v) is 16.3. The summed E-state index contributed by atoms with van der Waals surface area (Å²) in [6, 6.07) is 20.4. The monoisotopic (exact) mass is 396 g/mol. The van der Waals surface area contributed by atoms with Crippen LogP contribution in [-0.4, -0.2) is 32.7 Å². The fourth-order valence-corrected chi connectivity index (χ4v) is 3.22. The van der Waals surface area contributed by atoms with E-state index in [1.54, 1.807) is 66.7 Å². The highest BCUT2D eigenvalue weighted by Crippen LogP contribution is 2.33. The quantitative estimate of drug-likeness (QED) is 0.688. The summed E-state index contributed by atoms with van der Waals surface area (Å²) in [5.41, 5.74) is 2.78. The summed E-state index contributed by atoms with van der Waals surface area (Å²) in [4.78, 5) is 12.6. The molecule has 0 aliphatic carbocycles. The molecule has 3 rings (SSSR count). The molecule has 0 aromatic heterocycles. The number of anilines is 2. The van der Waals surface area contributed by atoms with E-state index in [4.69, 9.17) is 0 Å². The second kappa shape index (κ2) is 7.74. The van der Waals surface area contributed by atoms with Gasteiger partial charge >= 0.3 is 0 Å². The molecule has 0 atom stereocenters. The molecule has 0 bridgehead atoms. The molecule has 6 nitrogen and oxygen atoms in total. The van der Waals surface area contributed by atoms with Crippen molar-refractivity contribution in [2.24, 2.45) is 0 Å². The van der Waals surface area contributed by atoms with E-state index in [9.17, 15) is 18.3 Å². The van der Waals surface area contributed by atoms with E-state index in [2.05, 4.69) is 5.32 Å². The average Bonchev–Trinajstić information content (AvgIpc) is 2.68. The van der Waals surface area contributed by atoms with Gasteiger partial charge in [0.05, 0.1) is 17.6 Å². The van der Waals surface area contributed by atoms with E-state index < -0.39 is 10.0 Å². The molecule has 0 spiro atoms. The number of carbonyl (C=O) groups excluding carboxylic acids is 1. The Hall–Kier alpha value is -3.32. The van der Waals surface area contributed by atoms with Crippen LogP contribution in [0, 0.1) is 0 Å². The Morgan fingerprint density at radius 1 is 0.929 bits per heavy atom. The van der Waals surface area contributed by atoms with Crippen molar-refractivity contribution in [1.82, 2.24) is 0 Å². The van der Waals surface area contributed by atoms with Gasteiger partial charge in [0.1, 0.15) is 5.75 Å². The molecule has 0 aliphatic heterocycles. The lowest BCUT2D eigenvalue weighted by molar-refractivity contribution is 0.102. The molecule has 0 radical (unpaired) electrons. The van der Waals surface area contributed by atoms with Gasteiger partial charge in [0.2, 0.25) is 10.0 Å². The van der Waals surface area contributed by atoms with Crippen LogP contribution < -0.4 is 9.62 Å². The first-order valence-corrected chi connectivity index (χ1v) is 10.3. The van der Waals surface area contributed by atoms with Gasteiger partial charge in [-0.2, -0.15) is 0 Å². The number of amides is 1. The Morgan fingerprint density at radius 3 is 2.14 bits per heavy atom. The van der Waals surface area contributed by atoms with Crippen LogP contribution in [0.5, 0.6) is 5.75 Å². The number of benzene rings is 3. The van der Waals surface area contributed by atoms with Crippen LogP contribution in [0.2, 0.25) is 0 Å². The zero-order valence-electron chi connectivity index (χ0n) is 15.5. The molecule has 0 aliphatic rings. The molecule has 7 heteroatoms. The Kier molecular flexibility index (Phi) is 5.37. The highest BCUT2D eigenvalue weighted by Gasteiger charge is 2.18. The van der Waals surface area contributed by atoms with E-state index in [0.717, 1.165) is 21.7 Å². The van der Waals surface area contributed by atoms with E-state index in [-0.39, 0.29) is 11.7 Å². The van der Waals surface area contributed by atoms with Crippen molar-refractivity contribution in [3.63, 3.8) is 0 Å². The van der Waals surface area contributed by atoms with Gasteiger partial charge in [-0.05, 0) is 47.5 Å². The SMILES string of the molecule is CN(c1ccc(-c2ccc(O)cc2)cc1NC(=O)c1ccccc1)S(C)(=O)=O. The Bertz CT molecular complexity index is 1100. The number of nitrogens with zero attached hydrogens (tertiary/aromatic N) is 1. The van der Waals surface area contributed by atoms with E-state index in [1.165, 1.54) is 7.05 Å². The van der Waals surface area contributed by atoms with Crippen molar-refractivity contribution in [2.75, 3.05) is 22.9 Å². The smallest absolute Gasteiger partial charge is 0.255 e. The molecule has 144 valence electrons. The molecule has 28 heavy (non-hydrogen) atoms. The maximum Gasteiger partial charge on any atom is 0.255 e. The number of carbonyl (C=O) groups is 1. The minimum Gasteiger partial charge on any atom is -0.508 e. The second-order valence-electron chi connectivity index (χ2n) is 6.33. The standard InChI is InChI=1S/C21H20N2O4S/c1-23(28(2,26)27)20-13-10-17(15-8-11-18(24)12-9-15)14-19(20)22-21(25)16-6-4-3-5-7-16/h3-14,24H,1-2H3,(H,22,25). The summed E-state index contributed by atoms with van der Waals surface area (Å²) in [6.45, 7) is 0. The van der Waals surface area contributed by atoms with Crippen LogP contribution in [-0.2, 0) is 10.0 Å². The first-order chi connectivity index (χ1) is 13.3. The zero-order chi connectivity index (χ0) is 20.3. The fraction of sp³-hybridized carbons (Fsp3) is 0.0952. The first-order valence-electron chi connectivity index (χ1n) is 8.49. The lowest BCUT2D eigenvalue weighted by Crippen LogP contribution is -2.26. The average molecular weight is 396 g/mol. The van der Waals surface area contributed by atoms with E-state index >= 15 is 0 Å². The third kappa shape index (κ3) is 4.32. The van der Waals surface area contributed by atoms with Gasteiger partial charge in [0.25, 0.3) is 5.91 Å². The molecule has 0 unspecified atom stereocenters. The molecule has 0 fully saturated rings.